The lowest BCUT2D eigenvalue weighted by Crippen LogP contribution is -2.18. The molecule has 4 rings (SSSR count). The van der Waals surface area contributed by atoms with Crippen LogP contribution in [0.5, 0.6) is 5.75 Å². The summed E-state index contributed by atoms with van der Waals surface area (Å²) in [6, 6.07) is 20.0. The summed E-state index contributed by atoms with van der Waals surface area (Å²) in [5.74, 6) is -0.297. The Kier molecular flexibility index (Phi) is 6.36. The number of benzene rings is 3. The molecule has 0 saturated carbocycles. The first-order valence-corrected chi connectivity index (χ1v) is 11.1. The molecule has 0 saturated heterocycles. The van der Waals surface area contributed by atoms with Crippen molar-refractivity contribution < 1.29 is 9.90 Å². The number of nitrogens with zero attached hydrogens (tertiary/aromatic N) is 2. The van der Waals surface area contributed by atoms with Crippen LogP contribution in [0.3, 0.4) is 0 Å². The number of carbonyl (C=O) groups excluding carboxylic acids is 1. The number of carbonyl (C=O) groups is 1. The predicted octanol–water partition coefficient (Wildman–Crippen LogP) is 6.55. The van der Waals surface area contributed by atoms with Gasteiger partial charge in [-0.1, -0.05) is 54.1 Å². The Morgan fingerprint density at radius 3 is 2.45 bits per heavy atom. The number of hydrogen-bond donors (Lipinski definition) is 2. The highest BCUT2D eigenvalue weighted by Crippen LogP contribution is 2.33. The molecule has 0 unspecified atom stereocenters. The van der Waals surface area contributed by atoms with E-state index in [-0.39, 0.29) is 11.7 Å². The SMILES string of the molecule is O=C(N/N=C/c1cc(Br)c(O)c(Br)c1)c1cc(-c2ccccc2)nc2c(Cl)cccc12. The van der Waals surface area contributed by atoms with Crippen LogP contribution in [0, 0.1) is 0 Å². The molecule has 0 aliphatic rings. The number of halogens is 3. The van der Waals surface area contributed by atoms with Gasteiger partial charge >= 0.3 is 0 Å². The molecule has 5 nitrogen and oxygen atoms in total. The zero-order valence-electron chi connectivity index (χ0n) is 15.8. The third-order valence-electron chi connectivity index (χ3n) is 4.52. The molecule has 2 N–H and O–H groups in total. The lowest BCUT2D eigenvalue weighted by Gasteiger charge is -2.10. The van der Waals surface area contributed by atoms with E-state index in [1.54, 1.807) is 36.4 Å². The summed E-state index contributed by atoms with van der Waals surface area (Å²) in [7, 11) is 0. The van der Waals surface area contributed by atoms with Crippen molar-refractivity contribution in [3.8, 4) is 17.0 Å². The summed E-state index contributed by atoms with van der Waals surface area (Å²) < 4.78 is 1.02. The van der Waals surface area contributed by atoms with Crippen molar-refractivity contribution in [1.29, 1.82) is 0 Å². The molecule has 1 aromatic heterocycles. The van der Waals surface area contributed by atoms with Crippen molar-refractivity contribution in [3.63, 3.8) is 0 Å². The minimum Gasteiger partial charge on any atom is -0.506 e. The first kappa shape index (κ1) is 21.5. The molecule has 0 radical (unpaired) electrons. The van der Waals surface area contributed by atoms with E-state index in [9.17, 15) is 9.90 Å². The second-order valence-electron chi connectivity index (χ2n) is 6.59. The molecule has 154 valence electrons. The number of phenolic OH excluding ortho intramolecular Hbond substituents is 1. The maximum absolute atomic E-state index is 13.0. The molecule has 4 aromatic rings. The molecule has 0 aliphatic heterocycles. The average Bonchev–Trinajstić information content (AvgIpc) is 2.77. The van der Waals surface area contributed by atoms with E-state index in [2.05, 4.69) is 47.4 Å². The molecule has 0 bridgehead atoms. The van der Waals surface area contributed by atoms with Crippen LogP contribution in [0.4, 0.5) is 0 Å². The Labute approximate surface area is 200 Å². The van der Waals surface area contributed by atoms with E-state index in [1.165, 1.54) is 6.21 Å². The van der Waals surface area contributed by atoms with Gasteiger partial charge in [0.25, 0.3) is 5.91 Å². The van der Waals surface area contributed by atoms with Gasteiger partial charge < -0.3 is 5.11 Å². The fourth-order valence-electron chi connectivity index (χ4n) is 3.04. The number of nitrogens with one attached hydrogen (secondary N) is 1. The van der Waals surface area contributed by atoms with Crippen LogP contribution >= 0.6 is 43.5 Å². The van der Waals surface area contributed by atoms with Gasteiger partial charge in [-0.05, 0) is 61.7 Å². The van der Waals surface area contributed by atoms with Gasteiger partial charge in [0.2, 0.25) is 0 Å². The molecule has 0 aliphatic carbocycles. The number of amides is 1. The largest absolute Gasteiger partial charge is 0.506 e. The number of rotatable bonds is 4. The molecule has 1 amide bonds. The predicted molar refractivity (Wildman–Crippen MR) is 131 cm³/mol. The highest BCUT2D eigenvalue weighted by molar-refractivity contribution is 9.11. The number of fused-ring (bicyclic) bond motifs is 1. The van der Waals surface area contributed by atoms with Crippen molar-refractivity contribution in [1.82, 2.24) is 10.4 Å². The number of para-hydroxylation sites is 1. The van der Waals surface area contributed by atoms with Crippen molar-refractivity contribution in [2.75, 3.05) is 0 Å². The van der Waals surface area contributed by atoms with Crippen molar-refractivity contribution in [2.24, 2.45) is 5.10 Å². The zero-order chi connectivity index (χ0) is 22.0. The van der Waals surface area contributed by atoms with E-state index < -0.39 is 0 Å². The van der Waals surface area contributed by atoms with Crippen molar-refractivity contribution >= 4 is 66.5 Å². The Hall–Kier alpha value is -2.74. The Morgan fingerprint density at radius 2 is 1.74 bits per heavy atom. The van der Waals surface area contributed by atoms with Crippen LogP contribution in [0.25, 0.3) is 22.2 Å². The molecule has 0 fully saturated rings. The highest BCUT2D eigenvalue weighted by Gasteiger charge is 2.15. The van der Waals surface area contributed by atoms with Gasteiger partial charge in [0.05, 0.1) is 37.0 Å². The summed E-state index contributed by atoms with van der Waals surface area (Å²) >= 11 is 12.9. The third kappa shape index (κ3) is 4.63. The molecule has 0 spiro atoms. The maximum atomic E-state index is 13.0. The van der Waals surface area contributed by atoms with E-state index in [0.29, 0.717) is 41.7 Å². The van der Waals surface area contributed by atoms with Crippen LogP contribution in [0.2, 0.25) is 5.02 Å². The van der Waals surface area contributed by atoms with Crippen molar-refractivity contribution in [3.05, 3.63) is 91.8 Å². The molecule has 3 aromatic carbocycles. The summed E-state index contributed by atoms with van der Waals surface area (Å²) in [6.45, 7) is 0. The van der Waals surface area contributed by atoms with Gasteiger partial charge in [-0.25, -0.2) is 10.4 Å². The quantitative estimate of drug-likeness (QED) is 0.220. The zero-order valence-corrected chi connectivity index (χ0v) is 19.7. The molecular formula is C23H14Br2ClN3O2. The normalized spacial score (nSPS) is 11.2. The number of hydrazone groups is 1. The van der Waals surface area contributed by atoms with Crippen molar-refractivity contribution in [2.45, 2.75) is 0 Å². The van der Waals surface area contributed by atoms with Gasteiger partial charge in [0, 0.05) is 10.9 Å². The van der Waals surface area contributed by atoms with E-state index in [0.717, 1.165) is 5.56 Å². The third-order valence-corrected chi connectivity index (χ3v) is 6.04. The molecule has 1 heterocycles. The van der Waals surface area contributed by atoms with E-state index in [1.807, 2.05) is 30.3 Å². The molecule has 8 heteroatoms. The van der Waals surface area contributed by atoms with Gasteiger partial charge in [-0.3, -0.25) is 4.79 Å². The molecular weight excluding hydrogens is 546 g/mol. The maximum Gasteiger partial charge on any atom is 0.272 e. The second-order valence-corrected chi connectivity index (χ2v) is 8.71. The number of hydrogen-bond acceptors (Lipinski definition) is 4. The average molecular weight is 560 g/mol. The van der Waals surface area contributed by atoms with Crippen LogP contribution < -0.4 is 5.43 Å². The standard InChI is InChI=1S/C23H14Br2ClN3O2/c24-17-9-13(10-18(25)22(17)30)12-27-29-23(31)16-11-20(14-5-2-1-3-6-14)28-21-15(16)7-4-8-19(21)26/h1-12,30H,(H,29,31)/b27-12+. The van der Waals surface area contributed by atoms with Crippen LogP contribution in [-0.4, -0.2) is 22.2 Å². The van der Waals surface area contributed by atoms with Gasteiger partial charge in [0.1, 0.15) is 5.75 Å². The lowest BCUT2D eigenvalue weighted by atomic mass is 10.0. The monoisotopic (exact) mass is 557 g/mol. The van der Waals surface area contributed by atoms with Gasteiger partial charge in [0.15, 0.2) is 0 Å². The summed E-state index contributed by atoms with van der Waals surface area (Å²) in [5, 5.41) is 15.0. The minimum atomic E-state index is -0.389. The van der Waals surface area contributed by atoms with Gasteiger partial charge in [-0.2, -0.15) is 5.10 Å². The van der Waals surface area contributed by atoms with Gasteiger partial charge in [-0.15, -0.1) is 0 Å². The number of phenols is 1. The Morgan fingerprint density at radius 1 is 1.03 bits per heavy atom. The number of aromatic hydroxyl groups is 1. The summed E-state index contributed by atoms with van der Waals surface area (Å²) in [5.41, 5.74) is 5.72. The Bertz CT molecular complexity index is 1300. The summed E-state index contributed by atoms with van der Waals surface area (Å²) in [6.07, 6.45) is 1.49. The lowest BCUT2D eigenvalue weighted by molar-refractivity contribution is 0.0956. The smallest absolute Gasteiger partial charge is 0.272 e. The molecule has 31 heavy (non-hydrogen) atoms. The fraction of sp³-hybridized carbons (Fsp3) is 0. The first-order valence-electron chi connectivity index (χ1n) is 9.10. The minimum absolute atomic E-state index is 0.0924. The van der Waals surface area contributed by atoms with Crippen LogP contribution in [0.15, 0.2) is 80.8 Å². The topological polar surface area (TPSA) is 74.6 Å². The van der Waals surface area contributed by atoms with Crippen LogP contribution in [0.1, 0.15) is 15.9 Å². The fourth-order valence-corrected chi connectivity index (χ4v) is 4.48. The van der Waals surface area contributed by atoms with E-state index in [4.69, 9.17) is 11.6 Å². The van der Waals surface area contributed by atoms with E-state index >= 15 is 0 Å². The number of pyridine rings is 1. The Balaban J connectivity index is 1.69. The highest BCUT2D eigenvalue weighted by atomic mass is 79.9. The van der Waals surface area contributed by atoms with Crippen LogP contribution in [-0.2, 0) is 0 Å². The number of aromatic nitrogens is 1. The summed E-state index contributed by atoms with van der Waals surface area (Å²) in [4.78, 5) is 17.6. The molecule has 0 atom stereocenters. The second kappa shape index (κ2) is 9.18. The first-order chi connectivity index (χ1) is 14.9.